The van der Waals surface area contributed by atoms with Crippen LogP contribution in [0.15, 0.2) is 36.4 Å². The van der Waals surface area contributed by atoms with Crippen LogP contribution < -0.4 is 10.2 Å². The largest absolute Gasteiger partial charge is 0.477 e. The molecule has 0 unspecified atom stereocenters. The zero-order valence-electron chi connectivity index (χ0n) is 20.8. The highest BCUT2D eigenvalue weighted by Crippen LogP contribution is 2.44. The molecule has 0 radical (unpaired) electrons. The molecule has 2 aliphatic heterocycles. The molecular formula is C27H32N6O3. The summed E-state index contributed by atoms with van der Waals surface area (Å²) in [7, 11) is 0. The first-order valence-corrected chi connectivity index (χ1v) is 12.9. The molecule has 3 aromatic rings. The molecule has 188 valence electrons. The lowest BCUT2D eigenvalue weighted by Gasteiger charge is -2.44. The third kappa shape index (κ3) is 3.48. The maximum atomic E-state index is 12.9. The Morgan fingerprint density at radius 2 is 1.89 bits per heavy atom. The van der Waals surface area contributed by atoms with Gasteiger partial charge in [-0.15, -0.1) is 0 Å². The van der Waals surface area contributed by atoms with Crippen LogP contribution in [0.1, 0.15) is 68.1 Å². The first-order valence-electron chi connectivity index (χ1n) is 12.9. The number of aromatic nitrogens is 3. The summed E-state index contributed by atoms with van der Waals surface area (Å²) in [6.45, 7) is 6.16. The molecule has 2 saturated heterocycles. The minimum atomic E-state index is -1.06. The Morgan fingerprint density at radius 3 is 2.50 bits per heavy atom. The second-order valence-corrected chi connectivity index (χ2v) is 10.5. The monoisotopic (exact) mass is 488 g/mol. The Labute approximate surface area is 210 Å². The molecule has 2 aromatic heterocycles. The molecule has 9 heteroatoms. The summed E-state index contributed by atoms with van der Waals surface area (Å²) in [6, 6.07) is 11.8. The van der Waals surface area contributed by atoms with E-state index in [1.54, 1.807) is 10.7 Å². The Morgan fingerprint density at radius 1 is 1.17 bits per heavy atom. The number of para-hydroxylation sites is 1. The molecule has 0 atom stereocenters. The van der Waals surface area contributed by atoms with Gasteiger partial charge in [-0.1, -0.05) is 24.6 Å². The predicted molar refractivity (Wildman–Crippen MR) is 137 cm³/mol. The van der Waals surface area contributed by atoms with Gasteiger partial charge in [0.2, 0.25) is 5.91 Å². The Kier molecular flexibility index (Phi) is 5.48. The van der Waals surface area contributed by atoms with Crippen molar-refractivity contribution in [2.24, 2.45) is 0 Å². The average molecular weight is 489 g/mol. The van der Waals surface area contributed by atoms with Gasteiger partial charge in [0, 0.05) is 25.0 Å². The summed E-state index contributed by atoms with van der Waals surface area (Å²) in [5.41, 5.74) is 2.82. The van der Waals surface area contributed by atoms with E-state index in [0.29, 0.717) is 44.2 Å². The fraction of sp³-hybridized carbons (Fsp3) is 0.481. The topological polar surface area (TPSA) is 104 Å². The highest BCUT2D eigenvalue weighted by atomic mass is 16.4. The molecule has 1 saturated carbocycles. The molecule has 0 bridgehead atoms. The summed E-state index contributed by atoms with van der Waals surface area (Å²) < 4.78 is 1.80. The van der Waals surface area contributed by atoms with E-state index in [-0.39, 0.29) is 17.6 Å². The minimum Gasteiger partial charge on any atom is -0.477 e. The summed E-state index contributed by atoms with van der Waals surface area (Å²) in [5.74, 6) is -0.602. The number of carbonyl (C=O) groups is 2. The zero-order chi connectivity index (χ0) is 25.0. The van der Waals surface area contributed by atoms with Gasteiger partial charge in [0.05, 0.1) is 29.1 Å². The van der Waals surface area contributed by atoms with E-state index in [1.807, 2.05) is 30.3 Å². The van der Waals surface area contributed by atoms with Gasteiger partial charge in [-0.05, 0) is 57.7 Å². The smallest absolute Gasteiger partial charge is 0.354 e. The third-order valence-electron chi connectivity index (χ3n) is 8.29. The normalized spacial score (nSPS) is 20.3. The molecule has 1 amide bonds. The van der Waals surface area contributed by atoms with Crippen LogP contribution in [0.4, 0.5) is 5.69 Å². The fourth-order valence-corrected chi connectivity index (χ4v) is 6.11. The number of hydrogen-bond acceptors (Lipinski definition) is 6. The number of carboxylic acids is 1. The van der Waals surface area contributed by atoms with Gasteiger partial charge in [-0.25, -0.2) is 14.5 Å². The van der Waals surface area contributed by atoms with Crippen molar-refractivity contribution in [2.75, 3.05) is 24.7 Å². The van der Waals surface area contributed by atoms with Crippen molar-refractivity contribution < 1.29 is 14.7 Å². The number of anilines is 1. The van der Waals surface area contributed by atoms with Crippen LogP contribution in [0.25, 0.3) is 16.7 Å². The fourth-order valence-electron chi connectivity index (χ4n) is 6.11. The van der Waals surface area contributed by atoms with Crippen molar-refractivity contribution in [3.05, 3.63) is 47.8 Å². The van der Waals surface area contributed by atoms with Crippen molar-refractivity contribution in [1.82, 2.24) is 25.0 Å². The van der Waals surface area contributed by atoms with Gasteiger partial charge in [-0.2, -0.15) is 5.10 Å². The van der Waals surface area contributed by atoms with Gasteiger partial charge in [-0.3, -0.25) is 9.69 Å². The lowest BCUT2D eigenvalue weighted by molar-refractivity contribution is -0.128. The van der Waals surface area contributed by atoms with Crippen LogP contribution in [0.2, 0.25) is 0 Å². The first-order chi connectivity index (χ1) is 17.4. The van der Waals surface area contributed by atoms with Crippen LogP contribution in [-0.2, 0) is 4.79 Å². The number of pyridine rings is 1. The highest BCUT2D eigenvalue weighted by molar-refractivity contribution is 5.99. The van der Waals surface area contributed by atoms with E-state index < -0.39 is 11.5 Å². The summed E-state index contributed by atoms with van der Waals surface area (Å²) in [4.78, 5) is 34.2. The van der Waals surface area contributed by atoms with Crippen LogP contribution in [0.5, 0.6) is 0 Å². The minimum absolute atomic E-state index is 0.0115. The first kappa shape index (κ1) is 23.0. The number of piperidine rings is 1. The number of aromatic carboxylic acids is 1. The average Bonchev–Trinajstić information content (AvgIpc) is 3.37. The van der Waals surface area contributed by atoms with Gasteiger partial charge in [0.1, 0.15) is 5.54 Å². The molecule has 1 spiro atoms. The Balaban J connectivity index is 1.46. The van der Waals surface area contributed by atoms with E-state index in [2.05, 4.69) is 33.9 Å². The van der Waals surface area contributed by atoms with Crippen LogP contribution in [0, 0.1) is 0 Å². The molecule has 3 fully saturated rings. The Bertz CT molecular complexity index is 1320. The number of rotatable bonds is 5. The second-order valence-electron chi connectivity index (χ2n) is 10.5. The molecule has 1 aliphatic carbocycles. The molecule has 9 nitrogen and oxygen atoms in total. The lowest BCUT2D eigenvalue weighted by Crippen LogP contribution is -2.58. The van der Waals surface area contributed by atoms with E-state index in [1.165, 1.54) is 6.42 Å². The molecule has 4 heterocycles. The molecule has 6 rings (SSSR count). The summed E-state index contributed by atoms with van der Waals surface area (Å²) in [6.07, 6.45) is 4.71. The molecular weight excluding hydrogens is 456 g/mol. The van der Waals surface area contributed by atoms with Crippen molar-refractivity contribution >= 4 is 28.6 Å². The maximum absolute atomic E-state index is 12.9. The second kappa shape index (κ2) is 8.58. The number of benzene rings is 1. The highest BCUT2D eigenvalue weighted by Gasteiger charge is 2.51. The van der Waals surface area contributed by atoms with Gasteiger partial charge < -0.3 is 15.3 Å². The number of amides is 1. The predicted octanol–water partition coefficient (Wildman–Crippen LogP) is 3.52. The van der Waals surface area contributed by atoms with Crippen LogP contribution in [-0.4, -0.2) is 68.0 Å². The molecule has 2 N–H and O–H groups in total. The van der Waals surface area contributed by atoms with Crippen molar-refractivity contribution in [2.45, 2.75) is 63.5 Å². The number of carbonyl (C=O) groups excluding carboxylic acids is 1. The van der Waals surface area contributed by atoms with Crippen LogP contribution in [0.3, 0.4) is 0 Å². The van der Waals surface area contributed by atoms with E-state index in [0.717, 1.165) is 35.3 Å². The van der Waals surface area contributed by atoms with Crippen molar-refractivity contribution in [1.29, 1.82) is 0 Å². The van der Waals surface area contributed by atoms with Gasteiger partial charge in [0.25, 0.3) is 0 Å². The van der Waals surface area contributed by atoms with E-state index in [9.17, 15) is 14.7 Å². The maximum Gasteiger partial charge on any atom is 0.354 e. The lowest BCUT2D eigenvalue weighted by atomic mass is 9.81. The zero-order valence-corrected chi connectivity index (χ0v) is 20.8. The van der Waals surface area contributed by atoms with Gasteiger partial charge >= 0.3 is 5.97 Å². The van der Waals surface area contributed by atoms with Crippen molar-refractivity contribution in [3.63, 3.8) is 0 Å². The Hall–Kier alpha value is -3.46. The molecule has 36 heavy (non-hydrogen) atoms. The quantitative estimate of drug-likeness (QED) is 0.566. The van der Waals surface area contributed by atoms with Gasteiger partial charge in [0.15, 0.2) is 11.3 Å². The SMILES string of the molecule is CC(C)N1CNC(=O)C12CCN(c1cc(C(=O)O)nc3c1c(C1CCC1)nn3-c1ccccc1)CC2. The standard InChI is InChI=1S/C27H32N6O3/c1-17(2)32-16-28-26(36)27(32)11-13-31(14-12-27)21-15-20(25(34)35)29-24-22(21)23(18-7-6-8-18)30-33(24)19-9-4-3-5-10-19/h3-5,9-10,15,17-18H,6-8,11-14,16H2,1-2H3,(H,28,36)(H,34,35). The van der Waals surface area contributed by atoms with E-state index in [4.69, 9.17) is 5.10 Å². The number of nitrogens with zero attached hydrogens (tertiary/aromatic N) is 5. The molecule has 3 aliphatic rings. The number of hydrogen-bond donors (Lipinski definition) is 2. The summed E-state index contributed by atoms with van der Waals surface area (Å²) in [5, 5.41) is 18.9. The summed E-state index contributed by atoms with van der Waals surface area (Å²) >= 11 is 0. The van der Waals surface area contributed by atoms with E-state index >= 15 is 0 Å². The third-order valence-corrected chi connectivity index (χ3v) is 8.29. The number of nitrogens with one attached hydrogen (secondary N) is 1. The van der Waals surface area contributed by atoms with Crippen LogP contribution >= 0.6 is 0 Å². The molecule has 1 aromatic carbocycles. The number of fused-ring (bicyclic) bond motifs is 1. The number of carboxylic acid groups (broad SMARTS) is 1. The van der Waals surface area contributed by atoms with Crippen molar-refractivity contribution in [3.8, 4) is 5.69 Å².